The fourth-order valence-electron chi connectivity index (χ4n) is 2.35. The second-order valence-corrected chi connectivity index (χ2v) is 4.66. The molecule has 1 aliphatic carbocycles. The molecule has 16 heavy (non-hydrogen) atoms. The predicted molar refractivity (Wildman–Crippen MR) is 59.0 cm³/mol. The first-order valence-corrected chi connectivity index (χ1v) is 5.59. The minimum Gasteiger partial charge on any atom is -0.307 e. The first kappa shape index (κ1) is 9.93. The maximum absolute atomic E-state index is 12.2. The van der Waals surface area contributed by atoms with Gasteiger partial charge in [-0.25, -0.2) is 0 Å². The second kappa shape index (κ2) is 3.12. The van der Waals surface area contributed by atoms with Crippen molar-refractivity contribution in [3.05, 3.63) is 22.3 Å². The van der Waals surface area contributed by atoms with Gasteiger partial charge in [-0.1, -0.05) is 0 Å². The van der Waals surface area contributed by atoms with Crippen LogP contribution in [0.25, 0.3) is 0 Å². The average Bonchev–Trinajstić information content (AvgIpc) is 3.07. The Bertz CT molecular complexity index is 421. The van der Waals surface area contributed by atoms with Gasteiger partial charge in [0.2, 0.25) is 0 Å². The molecule has 84 valence electrons. The first-order valence-electron chi connectivity index (χ1n) is 5.59. The molecule has 4 heteroatoms. The van der Waals surface area contributed by atoms with Gasteiger partial charge in [-0.15, -0.1) is 0 Å². The van der Waals surface area contributed by atoms with Crippen LogP contribution in [0, 0.1) is 0 Å². The molecule has 0 spiro atoms. The van der Waals surface area contributed by atoms with E-state index in [0.717, 1.165) is 13.1 Å². The van der Waals surface area contributed by atoms with Gasteiger partial charge in [-0.2, -0.15) is 0 Å². The Labute approximate surface area is 93.8 Å². The van der Waals surface area contributed by atoms with Gasteiger partial charge in [0, 0.05) is 47.5 Å². The van der Waals surface area contributed by atoms with Gasteiger partial charge < -0.3 is 10.6 Å². The standard InChI is InChI=1S/C12H14N2O2/c1-5-9(7-3-13-7)12(16)6(2)10(11(5)15)8-4-14-8/h7-8,13-14H,3-4H2,1-2H3. The van der Waals surface area contributed by atoms with Gasteiger partial charge in [0.25, 0.3) is 0 Å². The number of carbonyl (C=O) groups excluding carboxylic acids is 2. The van der Waals surface area contributed by atoms with Crippen LogP contribution < -0.4 is 10.6 Å². The van der Waals surface area contributed by atoms with Crippen molar-refractivity contribution in [2.75, 3.05) is 13.1 Å². The number of hydrogen-bond acceptors (Lipinski definition) is 4. The highest BCUT2D eigenvalue weighted by atomic mass is 16.1. The summed E-state index contributed by atoms with van der Waals surface area (Å²) in [4.78, 5) is 24.3. The largest absolute Gasteiger partial charge is 0.307 e. The SMILES string of the molecule is CC1=C(C2CN2)C(=O)C(C)=C(C2CN2)C1=O. The van der Waals surface area contributed by atoms with Gasteiger partial charge >= 0.3 is 0 Å². The number of hydrogen-bond donors (Lipinski definition) is 2. The molecule has 2 saturated heterocycles. The lowest BCUT2D eigenvalue weighted by Gasteiger charge is -2.19. The summed E-state index contributed by atoms with van der Waals surface area (Å²) < 4.78 is 0. The van der Waals surface area contributed by atoms with E-state index in [1.54, 1.807) is 13.8 Å². The van der Waals surface area contributed by atoms with Gasteiger partial charge in [0.15, 0.2) is 11.6 Å². The third kappa shape index (κ3) is 1.30. The zero-order chi connectivity index (χ0) is 11.4. The van der Waals surface area contributed by atoms with Crippen LogP contribution in [-0.4, -0.2) is 36.7 Å². The highest BCUT2D eigenvalue weighted by Crippen LogP contribution is 2.32. The molecule has 2 fully saturated rings. The van der Waals surface area contributed by atoms with Gasteiger partial charge in [0.1, 0.15) is 0 Å². The number of carbonyl (C=O) groups is 2. The summed E-state index contributed by atoms with van der Waals surface area (Å²) in [6, 6.07) is 0.222. The molecule has 0 aromatic carbocycles. The highest BCUT2D eigenvalue weighted by molar-refractivity contribution is 6.26. The fourth-order valence-corrected chi connectivity index (χ4v) is 2.35. The monoisotopic (exact) mass is 218 g/mol. The minimum atomic E-state index is 0.0517. The van der Waals surface area contributed by atoms with E-state index in [9.17, 15) is 9.59 Å². The maximum atomic E-state index is 12.2. The van der Waals surface area contributed by atoms with E-state index in [4.69, 9.17) is 0 Å². The normalized spacial score (nSPS) is 33.6. The fraction of sp³-hybridized carbons (Fsp3) is 0.500. The number of allylic oxidation sites excluding steroid dienone is 2. The highest BCUT2D eigenvalue weighted by Gasteiger charge is 2.42. The Kier molecular flexibility index (Phi) is 1.94. The van der Waals surface area contributed by atoms with E-state index < -0.39 is 0 Å². The first-order chi connectivity index (χ1) is 7.61. The molecule has 2 aliphatic heterocycles. The van der Waals surface area contributed by atoms with Crippen molar-refractivity contribution >= 4 is 11.6 Å². The van der Waals surface area contributed by atoms with Gasteiger partial charge in [-0.05, 0) is 13.8 Å². The molecule has 3 rings (SSSR count). The summed E-state index contributed by atoms with van der Waals surface area (Å²) >= 11 is 0. The van der Waals surface area contributed by atoms with Crippen LogP contribution in [-0.2, 0) is 9.59 Å². The van der Waals surface area contributed by atoms with Crippen molar-refractivity contribution in [1.29, 1.82) is 0 Å². The third-order valence-electron chi connectivity index (χ3n) is 3.49. The van der Waals surface area contributed by atoms with E-state index in [1.807, 2.05) is 0 Å². The van der Waals surface area contributed by atoms with Crippen LogP contribution in [0.3, 0.4) is 0 Å². The summed E-state index contributed by atoms with van der Waals surface area (Å²) in [7, 11) is 0. The van der Waals surface area contributed by atoms with Crippen molar-refractivity contribution < 1.29 is 9.59 Å². The van der Waals surface area contributed by atoms with Gasteiger partial charge in [-0.3, -0.25) is 9.59 Å². The Morgan fingerprint density at radius 1 is 0.875 bits per heavy atom. The summed E-state index contributed by atoms with van der Waals surface area (Å²) in [6.07, 6.45) is 0. The molecular formula is C12H14N2O2. The van der Waals surface area contributed by atoms with Crippen LogP contribution in [0.4, 0.5) is 0 Å². The number of rotatable bonds is 2. The summed E-state index contributed by atoms with van der Waals surface area (Å²) in [5.41, 5.74) is 2.64. The van der Waals surface area contributed by atoms with E-state index in [1.165, 1.54) is 0 Å². The average molecular weight is 218 g/mol. The number of ketones is 2. The molecule has 0 amide bonds. The molecule has 3 aliphatic rings. The third-order valence-corrected chi connectivity index (χ3v) is 3.49. The summed E-state index contributed by atoms with van der Waals surface area (Å²) in [5, 5.41) is 6.19. The lowest BCUT2D eigenvalue weighted by molar-refractivity contribution is -0.116. The van der Waals surface area contributed by atoms with E-state index in [2.05, 4.69) is 10.6 Å². The van der Waals surface area contributed by atoms with E-state index in [-0.39, 0.29) is 23.7 Å². The molecule has 0 radical (unpaired) electrons. The molecule has 2 atom stereocenters. The quantitative estimate of drug-likeness (QED) is 0.493. The smallest absolute Gasteiger partial charge is 0.187 e. The molecule has 0 saturated carbocycles. The second-order valence-electron chi connectivity index (χ2n) is 4.66. The number of Topliss-reactive ketones (excluding diaryl/α,β-unsaturated/α-hetero) is 2. The Morgan fingerprint density at radius 2 is 1.19 bits per heavy atom. The van der Waals surface area contributed by atoms with Crippen molar-refractivity contribution in [3.63, 3.8) is 0 Å². The zero-order valence-corrected chi connectivity index (χ0v) is 9.39. The summed E-state index contributed by atoms with van der Waals surface area (Å²) in [6.45, 7) is 5.17. The van der Waals surface area contributed by atoms with Crippen LogP contribution in [0.2, 0.25) is 0 Å². The number of nitrogens with one attached hydrogen (secondary N) is 2. The molecule has 4 nitrogen and oxygen atoms in total. The maximum Gasteiger partial charge on any atom is 0.187 e. The Balaban J connectivity index is 2.06. The lowest BCUT2D eigenvalue weighted by Crippen LogP contribution is -2.28. The predicted octanol–water partition coefficient (Wildman–Crippen LogP) is -0.285. The molecular weight excluding hydrogens is 204 g/mol. The molecule has 2 unspecified atom stereocenters. The van der Waals surface area contributed by atoms with E-state index in [0.29, 0.717) is 22.3 Å². The van der Waals surface area contributed by atoms with Crippen LogP contribution >= 0.6 is 0 Å². The minimum absolute atomic E-state index is 0.0517. The van der Waals surface area contributed by atoms with Crippen LogP contribution in [0.15, 0.2) is 22.3 Å². The lowest BCUT2D eigenvalue weighted by atomic mass is 9.82. The van der Waals surface area contributed by atoms with Crippen molar-refractivity contribution in [2.24, 2.45) is 0 Å². The Hall–Kier alpha value is -1.26. The van der Waals surface area contributed by atoms with Crippen LogP contribution in [0.5, 0.6) is 0 Å². The topological polar surface area (TPSA) is 78.0 Å². The van der Waals surface area contributed by atoms with Crippen molar-refractivity contribution in [2.45, 2.75) is 25.9 Å². The Morgan fingerprint density at radius 3 is 1.44 bits per heavy atom. The zero-order valence-electron chi connectivity index (χ0n) is 9.39. The molecule has 0 aromatic heterocycles. The van der Waals surface area contributed by atoms with Crippen LogP contribution in [0.1, 0.15) is 13.8 Å². The molecule has 0 aromatic rings. The molecule has 0 bridgehead atoms. The van der Waals surface area contributed by atoms with Crippen molar-refractivity contribution in [1.82, 2.24) is 10.6 Å². The van der Waals surface area contributed by atoms with E-state index >= 15 is 0 Å². The molecule has 2 N–H and O–H groups in total. The van der Waals surface area contributed by atoms with Crippen molar-refractivity contribution in [3.8, 4) is 0 Å². The summed E-state index contributed by atoms with van der Waals surface area (Å²) in [5.74, 6) is 0.103. The van der Waals surface area contributed by atoms with Gasteiger partial charge in [0.05, 0.1) is 0 Å². The molecule has 2 heterocycles.